The van der Waals surface area contributed by atoms with Crippen molar-refractivity contribution in [3.63, 3.8) is 0 Å². The van der Waals surface area contributed by atoms with Crippen LogP contribution in [0.15, 0.2) is 21.4 Å². The highest BCUT2D eigenvalue weighted by atomic mass is 79.9. The average molecular weight is 347 g/mol. The van der Waals surface area contributed by atoms with E-state index in [1.807, 2.05) is 17.8 Å². The van der Waals surface area contributed by atoms with Crippen LogP contribution < -0.4 is 11.3 Å². The molecule has 3 heterocycles. The molecule has 0 amide bonds. The molecule has 19 heavy (non-hydrogen) atoms. The Morgan fingerprint density at radius 1 is 1.58 bits per heavy atom. The molecule has 2 saturated heterocycles. The maximum atomic E-state index is 6.07. The van der Waals surface area contributed by atoms with Gasteiger partial charge in [0.05, 0.1) is 17.9 Å². The number of hydrogen-bond acceptors (Lipinski definition) is 5. The number of thioether (sulfide) groups is 1. The standard InChI is InChI=1S/C13H19BrN2O2S/c14-12-10(2-4-17-12)11(16-15)9-1-5-18-13(7-9)3-6-19-8-13/h2,4,9,11,16H,1,3,5-8,15H2. The number of ether oxygens (including phenoxy) is 1. The third-order valence-corrected chi connectivity index (χ3v) is 6.10. The number of rotatable bonds is 3. The topological polar surface area (TPSA) is 60.4 Å². The molecular weight excluding hydrogens is 328 g/mol. The van der Waals surface area contributed by atoms with Crippen LogP contribution in [0.5, 0.6) is 0 Å². The molecule has 106 valence electrons. The highest BCUT2D eigenvalue weighted by Gasteiger charge is 2.43. The number of nitrogens with two attached hydrogens (primary N) is 1. The SMILES string of the molecule is NNC(c1ccoc1Br)C1CCOC2(CCSC2)C1. The number of hydrazine groups is 1. The van der Waals surface area contributed by atoms with E-state index in [1.165, 1.54) is 5.75 Å². The molecule has 3 atom stereocenters. The zero-order valence-corrected chi connectivity index (χ0v) is 13.1. The number of nitrogens with one attached hydrogen (secondary N) is 1. The number of halogens is 1. The Labute approximate surface area is 125 Å². The van der Waals surface area contributed by atoms with Crippen molar-refractivity contribution in [2.24, 2.45) is 11.8 Å². The molecule has 2 fully saturated rings. The van der Waals surface area contributed by atoms with Gasteiger partial charge in [-0.1, -0.05) is 0 Å². The van der Waals surface area contributed by atoms with Gasteiger partial charge in [-0.3, -0.25) is 11.3 Å². The normalized spacial score (nSPS) is 32.8. The monoisotopic (exact) mass is 346 g/mol. The van der Waals surface area contributed by atoms with Crippen LogP contribution in [0.25, 0.3) is 0 Å². The summed E-state index contributed by atoms with van der Waals surface area (Å²) in [6.45, 7) is 0.832. The van der Waals surface area contributed by atoms with Gasteiger partial charge in [0.2, 0.25) is 0 Å². The molecule has 2 aliphatic heterocycles. The molecule has 4 nitrogen and oxygen atoms in total. The fourth-order valence-corrected chi connectivity index (χ4v) is 5.08. The summed E-state index contributed by atoms with van der Waals surface area (Å²) >= 11 is 5.45. The largest absolute Gasteiger partial charge is 0.457 e. The van der Waals surface area contributed by atoms with Crippen LogP contribution in [0, 0.1) is 5.92 Å². The predicted molar refractivity (Wildman–Crippen MR) is 79.8 cm³/mol. The van der Waals surface area contributed by atoms with E-state index in [1.54, 1.807) is 6.26 Å². The van der Waals surface area contributed by atoms with Crippen LogP contribution in [0.3, 0.4) is 0 Å². The Bertz CT molecular complexity index is 434. The summed E-state index contributed by atoms with van der Waals surface area (Å²) in [6.07, 6.45) is 4.98. The van der Waals surface area contributed by atoms with Crippen molar-refractivity contribution in [2.75, 3.05) is 18.1 Å². The van der Waals surface area contributed by atoms with E-state index >= 15 is 0 Å². The minimum Gasteiger partial charge on any atom is -0.457 e. The van der Waals surface area contributed by atoms with Crippen molar-refractivity contribution >= 4 is 27.7 Å². The summed E-state index contributed by atoms with van der Waals surface area (Å²) in [5.74, 6) is 8.61. The maximum absolute atomic E-state index is 6.07. The van der Waals surface area contributed by atoms with Gasteiger partial charge in [0.25, 0.3) is 0 Å². The summed E-state index contributed by atoms with van der Waals surface area (Å²) in [5, 5.41) is 0. The first-order valence-corrected chi connectivity index (χ1v) is 8.60. The molecule has 3 unspecified atom stereocenters. The lowest BCUT2D eigenvalue weighted by Crippen LogP contribution is -2.45. The Morgan fingerprint density at radius 3 is 3.11 bits per heavy atom. The lowest BCUT2D eigenvalue weighted by atomic mass is 9.80. The molecule has 0 aliphatic carbocycles. The van der Waals surface area contributed by atoms with Crippen molar-refractivity contribution in [1.29, 1.82) is 0 Å². The van der Waals surface area contributed by atoms with Crippen molar-refractivity contribution in [1.82, 2.24) is 5.43 Å². The van der Waals surface area contributed by atoms with Crippen LogP contribution >= 0.6 is 27.7 Å². The van der Waals surface area contributed by atoms with Crippen LogP contribution in [0.4, 0.5) is 0 Å². The molecule has 0 bridgehead atoms. The van der Waals surface area contributed by atoms with E-state index in [9.17, 15) is 0 Å². The van der Waals surface area contributed by atoms with Gasteiger partial charge in [0.1, 0.15) is 0 Å². The fraction of sp³-hybridized carbons (Fsp3) is 0.692. The Hall–Kier alpha value is -0.0100. The van der Waals surface area contributed by atoms with Crippen LogP contribution in [-0.4, -0.2) is 23.7 Å². The van der Waals surface area contributed by atoms with Gasteiger partial charge in [0.15, 0.2) is 4.67 Å². The minimum absolute atomic E-state index is 0.0822. The summed E-state index contributed by atoms with van der Waals surface area (Å²) in [5.41, 5.74) is 4.16. The highest BCUT2D eigenvalue weighted by molar-refractivity contribution is 9.10. The van der Waals surface area contributed by atoms with E-state index in [-0.39, 0.29) is 11.6 Å². The summed E-state index contributed by atoms with van der Waals surface area (Å²) < 4.78 is 12.2. The van der Waals surface area contributed by atoms with E-state index in [0.717, 1.165) is 41.9 Å². The maximum Gasteiger partial charge on any atom is 0.173 e. The lowest BCUT2D eigenvalue weighted by molar-refractivity contribution is -0.0855. The molecule has 3 rings (SSSR count). The summed E-state index contributed by atoms with van der Waals surface area (Å²) in [7, 11) is 0. The second-order valence-electron chi connectivity index (χ2n) is 5.38. The first kappa shape index (κ1) is 13.9. The van der Waals surface area contributed by atoms with Crippen molar-refractivity contribution in [3.8, 4) is 0 Å². The fourth-order valence-electron chi connectivity index (χ4n) is 3.22. The van der Waals surface area contributed by atoms with Gasteiger partial charge >= 0.3 is 0 Å². The minimum atomic E-state index is 0.0822. The summed E-state index contributed by atoms with van der Waals surface area (Å²) in [4.78, 5) is 0. The van der Waals surface area contributed by atoms with E-state index in [2.05, 4.69) is 21.4 Å². The third kappa shape index (κ3) is 2.74. The molecule has 1 aromatic heterocycles. The van der Waals surface area contributed by atoms with Crippen molar-refractivity contribution in [2.45, 2.75) is 30.9 Å². The van der Waals surface area contributed by atoms with E-state index in [4.69, 9.17) is 15.0 Å². The molecule has 0 saturated carbocycles. The Morgan fingerprint density at radius 2 is 2.47 bits per heavy atom. The van der Waals surface area contributed by atoms with Gasteiger partial charge in [-0.15, -0.1) is 0 Å². The van der Waals surface area contributed by atoms with Gasteiger partial charge in [-0.2, -0.15) is 11.8 Å². The third-order valence-electron chi connectivity index (χ3n) is 4.23. The van der Waals surface area contributed by atoms with Gasteiger partial charge in [0, 0.05) is 17.9 Å². The molecule has 1 aromatic rings. The molecule has 1 spiro atoms. The second kappa shape index (κ2) is 5.77. The summed E-state index contributed by atoms with van der Waals surface area (Å²) in [6, 6.07) is 2.11. The molecule has 0 radical (unpaired) electrons. The Kier molecular flexibility index (Phi) is 4.24. The predicted octanol–water partition coefficient (Wildman–Crippen LogP) is 2.85. The van der Waals surface area contributed by atoms with Crippen LogP contribution in [0.1, 0.15) is 30.9 Å². The second-order valence-corrected chi connectivity index (χ2v) is 7.21. The zero-order valence-electron chi connectivity index (χ0n) is 10.7. The molecule has 6 heteroatoms. The lowest BCUT2D eigenvalue weighted by Gasteiger charge is -2.40. The molecule has 0 aromatic carbocycles. The first-order valence-electron chi connectivity index (χ1n) is 6.65. The van der Waals surface area contributed by atoms with Gasteiger partial charge in [-0.25, -0.2) is 0 Å². The molecule has 2 aliphatic rings. The Balaban J connectivity index is 1.78. The first-order chi connectivity index (χ1) is 9.24. The van der Waals surface area contributed by atoms with Crippen molar-refractivity contribution < 1.29 is 9.15 Å². The quantitative estimate of drug-likeness (QED) is 0.650. The van der Waals surface area contributed by atoms with E-state index < -0.39 is 0 Å². The van der Waals surface area contributed by atoms with Crippen LogP contribution in [0.2, 0.25) is 0 Å². The van der Waals surface area contributed by atoms with Crippen molar-refractivity contribution in [3.05, 3.63) is 22.6 Å². The highest BCUT2D eigenvalue weighted by Crippen LogP contribution is 2.44. The van der Waals surface area contributed by atoms with Gasteiger partial charge in [-0.05, 0) is 52.9 Å². The van der Waals surface area contributed by atoms with Gasteiger partial charge < -0.3 is 9.15 Å². The smallest absolute Gasteiger partial charge is 0.173 e. The number of hydrogen-bond donors (Lipinski definition) is 2. The molecular formula is C13H19BrN2O2S. The van der Waals surface area contributed by atoms with Crippen LogP contribution in [-0.2, 0) is 4.74 Å². The van der Waals surface area contributed by atoms with E-state index in [0.29, 0.717) is 5.92 Å². The average Bonchev–Trinajstić information content (AvgIpc) is 3.02. The zero-order chi connectivity index (χ0) is 13.3. The number of furan rings is 1. The molecule has 3 N–H and O–H groups in total.